The molecule has 0 N–H and O–H groups in total. The fourth-order valence-electron chi connectivity index (χ4n) is 3.41. The van der Waals surface area contributed by atoms with Crippen molar-refractivity contribution in [1.82, 2.24) is 14.5 Å². The van der Waals surface area contributed by atoms with Crippen LogP contribution in [0.5, 0.6) is 0 Å². The molecule has 0 aliphatic carbocycles. The average molecular weight is 369 g/mol. The third-order valence-electron chi connectivity index (χ3n) is 4.95. The van der Waals surface area contributed by atoms with Crippen LogP contribution in [0.3, 0.4) is 0 Å². The van der Waals surface area contributed by atoms with E-state index in [0.717, 1.165) is 22.2 Å². The topological polar surface area (TPSA) is 47.8 Å². The molecule has 4 nitrogen and oxygen atoms in total. The van der Waals surface area contributed by atoms with E-state index >= 15 is 0 Å². The predicted molar refractivity (Wildman–Crippen MR) is 112 cm³/mol. The number of hydrogen-bond acceptors (Lipinski definition) is 3. The molecule has 4 aromatic rings. The van der Waals surface area contributed by atoms with Crippen LogP contribution < -0.4 is 0 Å². The molecule has 2 aromatic heterocycles. The number of aromatic nitrogens is 3. The van der Waals surface area contributed by atoms with E-state index in [2.05, 4.69) is 30.7 Å². The van der Waals surface area contributed by atoms with Gasteiger partial charge in [-0.05, 0) is 29.2 Å². The Balaban J connectivity index is 1.71. The lowest BCUT2D eigenvalue weighted by Crippen LogP contribution is -2.12. The van der Waals surface area contributed by atoms with Crippen molar-refractivity contribution in [2.45, 2.75) is 32.6 Å². The molecule has 2 aromatic carbocycles. The van der Waals surface area contributed by atoms with Crippen LogP contribution in [0, 0.1) is 0 Å². The van der Waals surface area contributed by atoms with Crippen molar-refractivity contribution < 1.29 is 4.79 Å². The van der Waals surface area contributed by atoms with Crippen molar-refractivity contribution in [1.29, 1.82) is 0 Å². The largest absolute Gasteiger partial charge is 0.294 e. The van der Waals surface area contributed by atoms with Gasteiger partial charge in [0.05, 0.1) is 11.9 Å². The number of rotatable bonds is 4. The zero-order valence-electron chi connectivity index (χ0n) is 16.4. The molecule has 0 bridgehead atoms. The third-order valence-corrected chi connectivity index (χ3v) is 4.95. The first-order valence-corrected chi connectivity index (χ1v) is 9.44. The number of carbonyl (C=O) groups is 1. The van der Waals surface area contributed by atoms with E-state index in [4.69, 9.17) is 0 Å². The Morgan fingerprint density at radius 1 is 0.929 bits per heavy atom. The van der Waals surface area contributed by atoms with Crippen molar-refractivity contribution in [2.75, 3.05) is 0 Å². The molecule has 0 fully saturated rings. The molecule has 0 unspecified atom stereocenters. The van der Waals surface area contributed by atoms with Gasteiger partial charge >= 0.3 is 0 Å². The normalized spacial score (nSPS) is 11.7. The summed E-state index contributed by atoms with van der Waals surface area (Å²) in [5, 5.41) is 1.07. The van der Waals surface area contributed by atoms with Crippen molar-refractivity contribution in [3.8, 4) is 5.95 Å². The van der Waals surface area contributed by atoms with Gasteiger partial charge in [-0.2, -0.15) is 0 Å². The van der Waals surface area contributed by atoms with Gasteiger partial charge < -0.3 is 0 Å². The lowest BCUT2D eigenvalue weighted by molar-refractivity contribution is 0.0991. The molecule has 28 heavy (non-hydrogen) atoms. The minimum atomic E-state index is 0.0681. The van der Waals surface area contributed by atoms with Gasteiger partial charge in [-0.3, -0.25) is 9.36 Å². The maximum Gasteiger partial charge on any atom is 0.234 e. The highest BCUT2D eigenvalue weighted by molar-refractivity contribution is 5.98. The Hall–Kier alpha value is -3.27. The van der Waals surface area contributed by atoms with Crippen LogP contribution in [-0.4, -0.2) is 20.3 Å². The summed E-state index contributed by atoms with van der Waals surface area (Å²) in [5.41, 5.74) is 3.89. The Kier molecular flexibility index (Phi) is 4.55. The second-order valence-corrected chi connectivity index (χ2v) is 8.01. The summed E-state index contributed by atoms with van der Waals surface area (Å²) in [5.74, 6) is 0.662. The summed E-state index contributed by atoms with van der Waals surface area (Å²) >= 11 is 0. The molecule has 0 atom stereocenters. The highest BCUT2D eigenvalue weighted by atomic mass is 16.1. The molecule has 0 aliphatic heterocycles. The van der Waals surface area contributed by atoms with Crippen molar-refractivity contribution >= 4 is 16.7 Å². The molecule has 0 aliphatic rings. The van der Waals surface area contributed by atoms with Crippen LogP contribution in [0.1, 0.15) is 42.4 Å². The Labute approximate surface area is 164 Å². The van der Waals surface area contributed by atoms with E-state index in [1.54, 1.807) is 18.5 Å². The van der Waals surface area contributed by atoms with E-state index in [0.29, 0.717) is 12.4 Å². The minimum absolute atomic E-state index is 0.0681. The van der Waals surface area contributed by atoms with Crippen molar-refractivity contribution in [3.63, 3.8) is 0 Å². The molecular weight excluding hydrogens is 346 g/mol. The van der Waals surface area contributed by atoms with E-state index in [9.17, 15) is 4.79 Å². The molecule has 4 heteroatoms. The van der Waals surface area contributed by atoms with Gasteiger partial charge in [0, 0.05) is 29.0 Å². The molecule has 0 saturated heterocycles. The van der Waals surface area contributed by atoms with Crippen LogP contribution in [0.2, 0.25) is 0 Å². The van der Waals surface area contributed by atoms with Crippen LogP contribution in [0.4, 0.5) is 0 Å². The number of para-hydroxylation sites is 1. The van der Waals surface area contributed by atoms with E-state index in [1.165, 1.54) is 5.56 Å². The summed E-state index contributed by atoms with van der Waals surface area (Å²) < 4.78 is 1.97. The van der Waals surface area contributed by atoms with Crippen LogP contribution in [0.25, 0.3) is 16.9 Å². The number of benzene rings is 2. The second kappa shape index (κ2) is 7.04. The summed E-state index contributed by atoms with van der Waals surface area (Å²) in [6, 6.07) is 19.8. The molecule has 4 rings (SSSR count). The predicted octanol–water partition coefficient (Wildman–Crippen LogP) is 5.14. The average Bonchev–Trinajstić information content (AvgIpc) is 3.06. The van der Waals surface area contributed by atoms with Gasteiger partial charge in [-0.15, -0.1) is 0 Å². The molecule has 0 saturated carbocycles. The Morgan fingerprint density at radius 2 is 1.61 bits per heavy atom. The number of carbonyl (C=O) groups excluding carboxylic acids is 1. The highest BCUT2D eigenvalue weighted by Gasteiger charge is 2.18. The third kappa shape index (κ3) is 3.46. The number of fused-ring (bicyclic) bond motifs is 1. The quantitative estimate of drug-likeness (QED) is 0.468. The minimum Gasteiger partial charge on any atom is -0.294 e. The first kappa shape index (κ1) is 18.1. The van der Waals surface area contributed by atoms with Crippen molar-refractivity contribution in [3.05, 3.63) is 89.9 Å². The molecule has 0 amide bonds. The van der Waals surface area contributed by atoms with Gasteiger partial charge in [0.15, 0.2) is 5.78 Å². The SMILES string of the molecule is CC(C)(C)c1ccc(C(=O)Cc2cc3ccccc3n2-c2ncccn2)cc1. The first-order valence-electron chi connectivity index (χ1n) is 9.44. The van der Waals surface area contributed by atoms with Gasteiger partial charge in [0.1, 0.15) is 0 Å². The monoisotopic (exact) mass is 369 g/mol. The summed E-state index contributed by atoms with van der Waals surface area (Å²) in [6.45, 7) is 6.51. The smallest absolute Gasteiger partial charge is 0.234 e. The van der Waals surface area contributed by atoms with E-state index < -0.39 is 0 Å². The van der Waals surface area contributed by atoms with Crippen molar-refractivity contribution in [2.24, 2.45) is 0 Å². The maximum atomic E-state index is 13.0. The molecule has 0 spiro atoms. The Morgan fingerprint density at radius 3 is 2.29 bits per heavy atom. The summed E-state index contributed by atoms with van der Waals surface area (Å²) in [4.78, 5) is 21.8. The van der Waals surface area contributed by atoms with Crippen LogP contribution in [-0.2, 0) is 11.8 Å². The van der Waals surface area contributed by atoms with Gasteiger partial charge in [0.25, 0.3) is 0 Å². The second-order valence-electron chi connectivity index (χ2n) is 8.01. The zero-order chi connectivity index (χ0) is 19.7. The lowest BCUT2D eigenvalue weighted by atomic mass is 9.86. The van der Waals surface area contributed by atoms with E-state index in [-0.39, 0.29) is 11.2 Å². The Bertz CT molecular complexity index is 1120. The molecule has 0 radical (unpaired) electrons. The number of hydrogen-bond donors (Lipinski definition) is 0. The summed E-state index contributed by atoms with van der Waals surface area (Å²) in [6.07, 6.45) is 3.73. The molecular formula is C24H23N3O. The van der Waals surface area contributed by atoms with Crippen LogP contribution in [0.15, 0.2) is 73.1 Å². The zero-order valence-corrected chi connectivity index (χ0v) is 16.4. The first-order chi connectivity index (χ1) is 13.4. The van der Waals surface area contributed by atoms with E-state index in [1.807, 2.05) is 59.2 Å². The molecule has 140 valence electrons. The van der Waals surface area contributed by atoms with Crippen LogP contribution >= 0.6 is 0 Å². The fourth-order valence-corrected chi connectivity index (χ4v) is 3.41. The fraction of sp³-hybridized carbons (Fsp3) is 0.208. The number of nitrogens with zero attached hydrogens (tertiary/aromatic N) is 3. The maximum absolute atomic E-state index is 13.0. The molecule has 2 heterocycles. The highest BCUT2D eigenvalue weighted by Crippen LogP contribution is 2.25. The number of ketones is 1. The van der Waals surface area contributed by atoms with Gasteiger partial charge in [0.2, 0.25) is 5.95 Å². The van der Waals surface area contributed by atoms with Gasteiger partial charge in [-0.25, -0.2) is 9.97 Å². The summed E-state index contributed by atoms with van der Waals surface area (Å²) in [7, 11) is 0. The standard InChI is InChI=1S/C24H23N3O/c1-24(2,3)19-11-9-17(10-12-19)22(28)16-20-15-18-7-4-5-8-21(18)27(20)23-25-13-6-14-26-23/h4-15H,16H2,1-3H3. The lowest BCUT2D eigenvalue weighted by Gasteiger charge is -2.19. The number of Topliss-reactive ketones (excluding diaryl/α,β-unsaturated/α-hetero) is 1. The van der Waals surface area contributed by atoms with Gasteiger partial charge in [-0.1, -0.05) is 63.2 Å².